The largest absolute Gasteiger partial charge is 0.462 e. The molecule has 0 aliphatic heterocycles. The molecule has 0 aliphatic rings. The van der Waals surface area contributed by atoms with Gasteiger partial charge in [-0.05, 0) is 48.7 Å². The SMILES string of the molecule is CCCCCCOC(=O)C(=CNc1cccc(-c2ccncc2)c1)C(C)=O. The van der Waals surface area contributed by atoms with Crippen LogP contribution in [-0.2, 0) is 14.3 Å². The summed E-state index contributed by atoms with van der Waals surface area (Å²) in [6.45, 7) is 3.82. The van der Waals surface area contributed by atoms with Gasteiger partial charge in [-0.25, -0.2) is 4.79 Å². The van der Waals surface area contributed by atoms with Crippen LogP contribution in [0.25, 0.3) is 11.1 Å². The van der Waals surface area contributed by atoms with Gasteiger partial charge in [0, 0.05) is 24.3 Å². The van der Waals surface area contributed by atoms with Crippen molar-refractivity contribution in [3.05, 3.63) is 60.6 Å². The van der Waals surface area contributed by atoms with Crippen molar-refractivity contribution in [2.75, 3.05) is 11.9 Å². The molecule has 0 spiro atoms. The number of carbonyl (C=O) groups excluding carboxylic acids is 2. The van der Waals surface area contributed by atoms with Crippen molar-refractivity contribution in [3.8, 4) is 11.1 Å². The molecular weight excluding hydrogens is 340 g/mol. The number of ketones is 1. The van der Waals surface area contributed by atoms with Gasteiger partial charge in [-0.1, -0.05) is 38.3 Å². The molecule has 0 fully saturated rings. The number of unbranched alkanes of at least 4 members (excludes halogenated alkanes) is 3. The molecule has 5 nitrogen and oxygen atoms in total. The van der Waals surface area contributed by atoms with E-state index in [0.29, 0.717) is 6.61 Å². The molecule has 0 unspecified atom stereocenters. The lowest BCUT2D eigenvalue weighted by atomic mass is 10.1. The van der Waals surface area contributed by atoms with E-state index in [0.717, 1.165) is 42.5 Å². The van der Waals surface area contributed by atoms with Crippen molar-refractivity contribution in [2.24, 2.45) is 0 Å². The summed E-state index contributed by atoms with van der Waals surface area (Å²) in [5.41, 5.74) is 2.84. The molecule has 0 aliphatic carbocycles. The zero-order valence-corrected chi connectivity index (χ0v) is 15.9. The molecule has 5 heteroatoms. The number of rotatable bonds is 10. The molecule has 1 N–H and O–H groups in total. The van der Waals surface area contributed by atoms with E-state index >= 15 is 0 Å². The van der Waals surface area contributed by atoms with E-state index in [1.54, 1.807) is 12.4 Å². The molecule has 1 heterocycles. The highest BCUT2D eigenvalue weighted by Gasteiger charge is 2.15. The molecule has 2 rings (SSSR count). The van der Waals surface area contributed by atoms with Gasteiger partial charge in [-0.3, -0.25) is 9.78 Å². The molecule has 142 valence electrons. The zero-order chi connectivity index (χ0) is 19.5. The second-order valence-corrected chi connectivity index (χ2v) is 6.27. The Hall–Kier alpha value is -2.95. The maximum atomic E-state index is 12.2. The van der Waals surface area contributed by atoms with Gasteiger partial charge in [0.25, 0.3) is 0 Å². The summed E-state index contributed by atoms with van der Waals surface area (Å²) >= 11 is 0. The molecular formula is C22H26N2O3. The summed E-state index contributed by atoms with van der Waals surface area (Å²) in [5.74, 6) is -0.914. The summed E-state index contributed by atoms with van der Waals surface area (Å²) < 4.78 is 5.22. The minimum absolute atomic E-state index is 0.0137. The number of nitrogens with one attached hydrogen (secondary N) is 1. The highest BCUT2D eigenvalue weighted by atomic mass is 16.5. The first-order chi connectivity index (χ1) is 13.1. The van der Waals surface area contributed by atoms with Crippen LogP contribution in [0.4, 0.5) is 5.69 Å². The van der Waals surface area contributed by atoms with E-state index < -0.39 is 5.97 Å². The number of hydrogen-bond acceptors (Lipinski definition) is 5. The maximum Gasteiger partial charge on any atom is 0.343 e. The number of ether oxygens (including phenoxy) is 1. The molecule has 0 bridgehead atoms. The fraction of sp³-hybridized carbons (Fsp3) is 0.318. The normalized spacial score (nSPS) is 11.1. The first-order valence-electron chi connectivity index (χ1n) is 9.27. The van der Waals surface area contributed by atoms with Crippen LogP contribution in [0.1, 0.15) is 39.5 Å². The highest BCUT2D eigenvalue weighted by Crippen LogP contribution is 2.22. The monoisotopic (exact) mass is 366 g/mol. The van der Waals surface area contributed by atoms with Crippen LogP contribution in [0.2, 0.25) is 0 Å². The summed E-state index contributed by atoms with van der Waals surface area (Å²) in [6.07, 6.45) is 8.95. The Kier molecular flexibility index (Phi) is 8.23. The molecule has 2 aromatic rings. The standard InChI is InChI=1S/C22H26N2O3/c1-3-4-5-6-14-27-22(26)21(17(2)25)16-24-20-9-7-8-19(15-20)18-10-12-23-13-11-18/h7-13,15-16,24H,3-6,14H2,1-2H3. The Labute approximate surface area is 160 Å². The number of benzene rings is 1. The van der Waals surface area contributed by atoms with E-state index in [-0.39, 0.29) is 11.4 Å². The number of Topliss-reactive ketones (excluding diaryl/α,β-unsaturated/α-hetero) is 1. The van der Waals surface area contributed by atoms with Gasteiger partial charge >= 0.3 is 5.97 Å². The van der Waals surface area contributed by atoms with Gasteiger partial charge in [0.2, 0.25) is 0 Å². The van der Waals surface area contributed by atoms with Gasteiger partial charge in [0.05, 0.1) is 6.61 Å². The maximum absolute atomic E-state index is 12.2. The third kappa shape index (κ3) is 6.70. The summed E-state index contributed by atoms with van der Waals surface area (Å²) in [7, 11) is 0. The fourth-order valence-electron chi connectivity index (χ4n) is 2.56. The van der Waals surface area contributed by atoms with Crippen LogP contribution in [0.5, 0.6) is 0 Å². The van der Waals surface area contributed by atoms with E-state index in [1.165, 1.54) is 13.1 Å². The van der Waals surface area contributed by atoms with Crippen molar-refractivity contribution < 1.29 is 14.3 Å². The van der Waals surface area contributed by atoms with Gasteiger partial charge < -0.3 is 10.1 Å². The molecule has 0 amide bonds. The second-order valence-electron chi connectivity index (χ2n) is 6.27. The predicted octanol–water partition coefficient (Wildman–Crippen LogP) is 4.76. The average molecular weight is 366 g/mol. The molecule has 0 atom stereocenters. The third-order valence-electron chi connectivity index (χ3n) is 4.09. The van der Waals surface area contributed by atoms with Crippen molar-refractivity contribution in [3.63, 3.8) is 0 Å². The van der Waals surface area contributed by atoms with Gasteiger partial charge in [0.1, 0.15) is 5.57 Å². The number of carbonyl (C=O) groups is 2. The van der Waals surface area contributed by atoms with Crippen LogP contribution in [0, 0.1) is 0 Å². The van der Waals surface area contributed by atoms with Gasteiger partial charge in [-0.15, -0.1) is 0 Å². The Bertz CT molecular complexity index is 785. The van der Waals surface area contributed by atoms with E-state index in [1.807, 2.05) is 36.4 Å². The lowest BCUT2D eigenvalue weighted by molar-refractivity contribution is -0.140. The minimum atomic E-state index is -0.586. The Morgan fingerprint density at radius 3 is 2.56 bits per heavy atom. The van der Waals surface area contributed by atoms with Gasteiger partial charge in [-0.2, -0.15) is 0 Å². The van der Waals surface area contributed by atoms with Crippen LogP contribution in [-0.4, -0.2) is 23.3 Å². The van der Waals surface area contributed by atoms with Crippen molar-refractivity contribution in [1.82, 2.24) is 4.98 Å². The van der Waals surface area contributed by atoms with Crippen LogP contribution in [0.3, 0.4) is 0 Å². The summed E-state index contributed by atoms with van der Waals surface area (Å²) in [4.78, 5) is 28.0. The predicted molar refractivity (Wildman–Crippen MR) is 107 cm³/mol. The zero-order valence-electron chi connectivity index (χ0n) is 15.9. The van der Waals surface area contributed by atoms with Crippen LogP contribution >= 0.6 is 0 Å². The Morgan fingerprint density at radius 2 is 1.85 bits per heavy atom. The van der Waals surface area contributed by atoms with E-state index in [9.17, 15) is 9.59 Å². The number of hydrogen-bond donors (Lipinski definition) is 1. The quantitative estimate of drug-likeness (QED) is 0.216. The second kappa shape index (κ2) is 10.9. The highest BCUT2D eigenvalue weighted by molar-refractivity contribution is 6.16. The van der Waals surface area contributed by atoms with Crippen molar-refractivity contribution in [1.29, 1.82) is 0 Å². The molecule has 0 radical (unpaired) electrons. The number of pyridine rings is 1. The van der Waals surface area contributed by atoms with Gasteiger partial charge in [0.15, 0.2) is 5.78 Å². The molecule has 1 aromatic heterocycles. The number of anilines is 1. The lowest BCUT2D eigenvalue weighted by Gasteiger charge is -2.08. The average Bonchev–Trinajstić information content (AvgIpc) is 2.68. The fourth-order valence-corrected chi connectivity index (χ4v) is 2.56. The number of nitrogens with zero attached hydrogens (tertiary/aromatic N) is 1. The van der Waals surface area contributed by atoms with Crippen LogP contribution in [0.15, 0.2) is 60.6 Å². The number of aromatic nitrogens is 1. The minimum Gasteiger partial charge on any atom is -0.462 e. The lowest BCUT2D eigenvalue weighted by Crippen LogP contribution is -2.16. The van der Waals surface area contributed by atoms with Crippen molar-refractivity contribution in [2.45, 2.75) is 39.5 Å². The Balaban J connectivity index is 2.02. The van der Waals surface area contributed by atoms with Crippen LogP contribution < -0.4 is 5.32 Å². The van der Waals surface area contributed by atoms with E-state index in [4.69, 9.17) is 4.74 Å². The molecule has 27 heavy (non-hydrogen) atoms. The third-order valence-corrected chi connectivity index (χ3v) is 4.09. The molecule has 1 aromatic carbocycles. The number of esters is 1. The Morgan fingerprint density at radius 1 is 1.07 bits per heavy atom. The smallest absolute Gasteiger partial charge is 0.343 e. The molecule has 0 saturated heterocycles. The first-order valence-corrected chi connectivity index (χ1v) is 9.27. The first kappa shape index (κ1) is 20.4. The summed E-state index contributed by atoms with van der Waals surface area (Å²) in [5, 5.41) is 3.03. The molecule has 0 saturated carbocycles. The topological polar surface area (TPSA) is 68.3 Å². The van der Waals surface area contributed by atoms with Crippen molar-refractivity contribution >= 4 is 17.4 Å². The summed E-state index contributed by atoms with van der Waals surface area (Å²) in [6, 6.07) is 11.6. The van der Waals surface area contributed by atoms with E-state index in [2.05, 4.69) is 17.2 Å².